The maximum atomic E-state index is 13.4. The van der Waals surface area contributed by atoms with Gasteiger partial charge in [0.05, 0.1) is 15.7 Å². The van der Waals surface area contributed by atoms with Crippen molar-refractivity contribution in [2.75, 3.05) is 0 Å². The van der Waals surface area contributed by atoms with Crippen LogP contribution in [0.25, 0.3) is 0 Å². The highest BCUT2D eigenvalue weighted by atomic mass is 32.2. The minimum Gasteiger partial charge on any atom is -0.242 e. The Morgan fingerprint density at radius 3 is 2.00 bits per heavy atom. The van der Waals surface area contributed by atoms with Crippen molar-refractivity contribution in [3.63, 3.8) is 0 Å². The Morgan fingerprint density at radius 1 is 1.15 bits per heavy atom. The van der Waals surface area contributed by atoms with Gasteiger partial charge >= 0.3 is 6.18 Å². The van der Waals surface area contributed by atoms with Crippen LogP contribution in [0, 0.1) is 11.3 Å². The molecule has 0 fully saturated rings. The lowest BCUT2D eigenvalue weighted by Crippen LogP contribution is -2.56. The monoisotopic (exact) mass is 304 g/mol. The molecule has 1 aromatic carbocycles. The van der Waals surface area contributed by atoms with Crippen molar-refractivity contribution in [1.29, 1.82) is 5.26 Å². The van der Waals surface area contributed by atoms with Crippen LogP contribution in [0.3, 0.4) is 0 Å². The predicted octanol–water partition coefficient (Wildman–Crippen LogP) is 3.02. The Kier molecular flexibility index (Phi) is 4.62. The van der Waals surface area contributed by atoms with Gasteiger partial charge in [0.2, 0.25) is 5.54 Å². The quantitative estimate of drug-likeness (QED) is 0.933. The molecular formula is C13H15F3N2OS. The number of nitriles is 1. The van der Waals surface area contributed by atoms with E-state index in [2.05, 4.69) is 0 Å². The number of hydrogen-bond acceptors (Lipinski definition) is 2. The van der Waals surface area contributed by atoms with Gasteiger partial charge in [0.25, 0.3) is 0 Å². The van der Waals surface area contributed by atoms with Gasteiger partial charge in [0.1, 0.15) is 6.07 Å². The van der Waals surface area contributed by atoms with E-state index in [0.29, 0.717) is 0 Å². The van der Waals surface area contributed by atoms with Crippen molar-refractivity contribution >= 4 is 11.0 Å². The SMILES string of the molecule is CC(C)(C)S(=O)N[C@@](C#N)(c1ccccc1)C(F)(F)F. The molecule has 0 aliphatic carbocycles. The molecule has 0 heterocycles. The number of benzene rings is 1. The largest absolute Gasteiger partial charge is 0.425 e. The Morgan fingerprint density at radius 2 is 1.65 bits per heavy atom. The van der Waals surface area contributed by atoms with Crippen molar-refractivity contribution in [2.24, 2.45) is 0 Å². The maximum Gasteiger partial charge on any atom is 0.425 e. The van der Waals surface area contributed by atoms with E-state index in [1.807, 2.05) is 4.72 Å². The molecule has 0 spiro atoms. The average molecular weight is 304 g/mol. The third kappa shape index (κ3) is 3.19. The molecule has 1 aromatic rings. The van der Waals surface area contributed by atoms with Crippen LogP contribution < -0.4 is 4.72 Å². The van der Waals surface area contributed by atoms with Gasteiger partial charge in [-0.2, -0.15) is 18.4 Å². The van der Waals surface area contributed by atoms with E-state index in [1.165, 1.54) is 51.1 Å². The number of nitrogens with zero attached hydrogens (tertiary/aromatic N) is 1. The number of alkyl halides is 3. The van der Waals surface area contributed by atoms with Gasteiger partial charge in [0, 0.05) is 0 Å². The van der Waals surface area contributed by atoms with Crippen molar-refractivity contribution in [1.82, 2.24) is 4.72 Å². The third-order valence-electron chi connectivity index (χ3n) is 2.60. The topological polar surface area (TPSA) is 52.9 Å². The Labute approximate surface area is 118 Å². The Balaban J connectivity index is 3.38. The highest BCUT2D eigenvalue weighted by Gasteiger charge is 2.58. The van der Waals surface area contributed by atoms with E-state index in [0.717, 1.165) is 0 Å². The molecule has 0 amide bonds. The van der Waals surface area contributed by atoms with E-state index in [9.17, 15) is 17.4 Å². The molecule has 1 unspecified atom stereocenters. The molecule has 0 aromatic heterocycles. The smallest absolute Gasteiger partial charge is 0.242 e. The van der Waals surface area contributed by atoms with Gasteiger partial charge in [-0.1, -0.05) is 30.3 Å². The molecule has 0 aliphatic rings. The lowest BCUT2D eigenvalue weighted by atomic mass is 9.92. The molecule has 3 nitrogen and oxygen atoms in total. The third-order valence-corrected chi connectivity index (χ3v) is 4.21. The minimum atomic E-state index is -4.90. The second-order valence-corrected chi connectivity index (χ2v) is 7.18. The zero-order valence-electron chi connectivity index (χ0n) is 11.3. The van der Waals surface area contributed by atoms with E-state index < -0.39 is 27.4 Å². The molecular weight excluding hydrogens is 289 g/mol. The summed E-state index contributed by atoms with van der Waals surface area (Å²) in [6.45, 7) is 4.58. The van der Waals surface area contributed by atoms with Crippen molar-refractivity contribution in [3.05, 3.63) is 35.9 Å². The van der Waals surface area contributed by atoms with E-state index in [-0.39, 0.29) is 5.56 Å². The van der Waals surface area contributed by atoms with Gasteiger partial charge < -0.3 is 0 Å². The molecule has 0 saturated carbocycles. The molecule has 1 N–H and O–H groups in total. The summed E-state index contributed by atoms with van der Waals surface area (Å²) in [6.07, 6.45) is -4.90. The van der Waals surface area contributed by atoms with Crippen molar-refractivity contribution in [2.45, 2.75) is 37.2 Å². The first-order chi connectivity index (χ1) is 9.04. The molecule has 20 heavy (non-hydrogen) atoms. The Bertz CT molecular complexity index is 531. The first-order valence-corrected chi connectivity index (χ1v) is 6.93. The van der Waals surface area contributed by atoms with E-state index >= 15 is 0 Å². The zero-order valence-corrected chi connectivity index (χ0v) is 12.1. The summed E-state index contributed by atoms with van der Waals surface area (Å²) in [7, 11) is -2.05. The molecule has 2 atom stereocenters. The highest BCUT2D eigenvalue weighted by molar-refractivity contribution is 7.84. The molecule has 0 radical (unpaired) electrons. The van der Waals surface area contributed by atoms with Gasteiger partial charge in [0.15, 0.2) is 0 Å². The van der Waals surface area contributed by atoms with Crippen LogP contribution >= 0.6 is 0 Å². The number of nitrogens with one attached hydrogen (secondary N) is 1. The summed E-state index contributed by atoms with van der Waals surface area (Å²) in [4.78, 5) is 0. The second-order valence-electron chi connectivity index (χ2n) is 5.21. The fraction of sp³-hybridized carbons (Fsp3) is 0.462. The van der Waals surface area contributed by atoms with Gasteiger partial charge in [-0.25, -0.2) is 8.93 Å². The van der Waals surface area contributed by atoms with Crippen LogP contribution in [-0.4, -0.2) is 15.1 Å². The van der Waals surface area contributed by atoms with Crippen LogP contribution in [0.2, 0.25) is 0 Å². The second kappa shape index (κ2) is 5.54. The van der Waals surface area contributed by atoms with Crippen LogP contribution in [0.15, 0.2) is 30.3 Å². The normalized spacial score (nSPS) is 17.1. The molecule has 7 heteroatoms. The van der Waals surface area contributed by atoms with Gasteiger partial charge in [-0.3, -0.25) is 0 Å². The summed E-state index contributed by atoms with van der Waals surface area (Å²) < 4.78 is 53.2. The lowest BCUT2D eigenvalue weighted by molar-refractivity contribution is -0.176. The summed E-state index contributed by atoms with van der Waals surface area (Å²) >= 11 is 0. The fourth-order valence-corrected chi connectivity index (χ4v) is 2.28. The summed E-state index contributed by atoms with van der Waals surface area (Å²) in [5.41, 5.74) is -3.28. The van der Waals surface area contributed by atoms with Crippen molar-refractivity contribution in [3.8, 4) is 6.07 Å². The maximum absolute atomic E-state index is 13.4. The minimum absolute atomic E-state index is 0.285. The summed E-state index contributed by atoms with van der Waals surface area (Å²) in [5.74, 6) is 0. The van der Waals surface area contributed by atoms with Crippen LogP contribution in [0.5, 0.6) is 0 Å². The molecule has 1 rings (SSSR count). The molecule has 0 aliphatic heterocycles. The first-order valence-electron chi connectivity index (χ1n) is 5.78. The lowest BCUT2D eigenvalue weighted by Gasteiger charge is -2.32. The number of hydrogen-bond donors (Lipinski definition) is 1. The van der Waals surface area contributed by atoms with Crippen LogP contribution in [0.4, 0.5) is 13.2 Å². The molecule has 110 valence electrons. The van der Waals surface area contributed by atoms with Gasteiger partial charge in [-0.05, 0) is 26.3 Å². The van der Waals surface area contributed by atoms with E-state index in [1.54, 1.807) is 6.07 Å². The summed E-state index contributed by atoms with van der Waals surface area (Å²) in [6, 6.07) is 7.95. The summed E-state index contributed by atoms with van der Waals surface area (Å²) in [5, 5.41) is 9.11. The van der Waals surface area contributed by atoms with E-state index in [4.69, 9.17) is 5.26 Å². The fourth-order valence-electron chi connectivity index (χ4n) is 1.41. The van der Waals surface area contributed by atoms with Crippen LogP contribution in [-0.2, 0) is 16.5 Å². The Hall–Kier alpha value is -1.39. The van der Waals surface area contributed by atoms with Crippen LogP contribution in [0.1, 0.15) is 26.3 Å². The number of rotatable bonds is 3. The predicted molar refractivity (Wildman–Crippen MR) is 70.8 cm³/mol. The molecule has 0 saturated heterocycles. The van der Waals surface area contributed by atoms with Crippen molar-refractivity contribution < 1.29 is 17.4 Å². The molecule has 0 bridgehead atoms. The standard InChI is InChI=1S/C13H15F3N2OS/c1-11(2,3)20(19)18-12(9-17,13(14,15)16)10-7-5-4-6-8-10/h4-8,18H,1-3H3/t12-,20?/m0/s1. The zero-order chi connectivity index (χ0) is 15.6. The van der Waals surface area contributed by atoms with Gasteiger partial charge in [-0.15, -0.1) is 0 Å². The number of halogens is 3. The first kappa shape index (κ1) is 16.7. The average Bonchev–Trinajstić information content (AvgIpc) is 2.34. The highest BCUT2D eigenvalue weighted by Crippen LogP contribution is 2.39.